The fourth-order valence-electron chi connectivity index (χ4n) is 3.86. The number of sulfonamides is 1. The molecule has 0 bridgehead atoms. The van der Waals surface area contributed by atoms with Crippen LogP contribution >= 0.6 is 0 Å². The van der Waals surface area contributed by atoms with E-state index in [1.807, 2.05) is 72.0 Å². The molecule has 0 atom stereocenters. The minimum Gasteiger partial charge on any atom is -0.475 e. The van der Waals surface area contributed by atoms with Crippen molar-refractivity contribution < 1.29 is 41.5 Å². The number of ether oxygens (including phenoxy) is 1. The van der Waals surface area contributed by atoms with Gasteiger partial charge in [0.15, 0.2) is 5.69 Å². The third-order valence-corrected chi connectivity index (χ3v) is 7.32. The van der Waals surface area contributed by atoms with Gasteiger partial charge in [0.05, 0.1) is 17.0 Å². The minimum absolute atomic E-state index is 0.269. The molecule has 41 heavy (non-hydrogen) atoms. The monoisotopic (exact) mass is 584 g/mol. The topological polar surface area (TPSA) is 122 Å². The van der Waals surface area contributed by atoms with E-state index in [4.69, 9.17) is 19.6 Å². The lowest BCUT2D eigenvalue weighted by Crippen LogP contribution is -2.81. The summed E-state index contributed by atoms with van der Waals surface area (Å²) in [4.78, 5) is 13.9. The number of halogens is 3. The third kappa shape index (κ3) is 7.93. The molecular formula is C29H25F3N3O5S+. The first-order valence-corrected chi connectivity index (χ1v) is 13.7. The molecule has 0 saturated heterocycles. The predicted octanol–water partition coefficient (Wildman–Crippen LogP) is 5.70. The lowest BCUT2D eigenvalue weighted by atomic mass is 10.1. The Morgan fingerprint density at radius 1 is 0.927 bits per heavy atom. The van der Waals surface area contributed by atoms with Crippen molar-refractivity contribution in [2.24, 2.45) is 4.99 Å². The Hall–Kier alpha value is -4.68. The van der Waals surface area contributed by atoms with Crippen LogP contribution in [0.5, 0.6) is 11.5 Å². The van der Waals surface area contributed by atoms with Gasteiger partial charge in [-0.3, -0.25) is 10.0 Å². The van der Waals surface area contributed by atoms with Gasteiger partial charge in [-0.2, -0.15) is 18.2 Å². The van der Waals surface area contributed by atoms with E-state index in [9.17, 15) is 21.6 Å². The van der Waals surface area contributed by atoms with Gasteiger partial charge in [0.1, 0.15) is 17.2 Å². The standard InChI is InChI=1S/C27H23N3O3S.C2HF3O2/c1-19-7-5-6-10-26(19)34(31,32)30-21-13-16-24-25(18-21)29-27(28-24)17-20-11-14-23(15-12-20)33-22-8-3-2-4-9-22;3-2(4,5)1(6)7/h2-16,18,30H,17H2,1H3,(H,28,29);(H,6,7)/p+1. The van der Waals surface area contributed by atoms with Gasteiger partial charge in [-0.15, -0.1) is 0 Å². The third-order valence-electron chi connectivity index (χ3n) is 5.78. The van der Waals surface area contributed by atoms with Crippen molar-refractivity contribution in [3.63, 3.8) is 0 Å². The smallest absolute Gasteiger partial charge is 0.475 e. The Balaban J connectivity index is 0.000000493. The van der Waals surface area contributed by atoms with E-state index in [1.54, 1.807) is 37.3 Å². The number of aryl methyl sites for hydroxylation is 1. The molecular weight excluding hydrogens is 559 g/mol. The Kier molecular flexibility index (Phi) is 8.74. The summed E-state index contributed by atoms with van der Waals surface area (Å²) in [6.45, 7) is 1.78. The molecule has 0 aromatic heterocycles. The lowest BCUT2D eigenvalue weighted by Gasteiger charge is -2.10. The Bertz CT molecular complexity index is 1670. The normalized spacial score (nSPS) is 12.4. The summed E-state index contributed by atoms with van der Waals surface area (Å²) in [6.07, 6.45) is -4.41. The summed E-state index contributed by atoms with van der Waals surface area (Å²) in [5, 5.41) is 9.16. The molecule has 12 heteroatoms. The lowest BCUT2D eigenvalue weighted by molar-refractivity contribution is -0.440. The first-order chi connectivity index (χ1) is 19.4. The number of quaternary nitrogens is 1. The van der Waals surface area contributed by atoms with E-state index in [0.29, 0.717) is 17.7 Å². The van der Waals surface area contributed by atoms with E-state index in [2.05, 4.69) is 4.72 Å². The number of benzene rings is 4. The Labute approximate surface area is 234 Å². The molecule has 5 rings (SSSR count). The summed E-state index contributed by atoms with van der Waals surface area (Å²) >= 11 is 0. The zero-order valence-corrected chi connectivity index (χ0v) is 22.4. The molecule has 0 saturated carbocycles. The molecule has 0 fully saturated rings. The molecule has 0 amide bonds. The molecule has 4 aromatic carbocycles. The van der Waals surface area contributed by atoms with Crippen molar-refractivity contribution in [1.29, 1.82) is 0 Å². The van der Waals surface area contributed by atoms with Crippen molar-refractivity contribution in [2.45, 2.75) is 24.4 Å². The largest absolute Gasteiger partial charge is 0.490 e. The molecule has 0 spiro atoms. The Morgan fingerprint density at radius 2 is 1.54 bits per heavy atom. The van der Waals surface area contributed by atoms with Crippen molar-refractivity contribution in [2.75, 3.05) is 4.72 Å². The number of rotatable bonds is 7. The van der Waals surface area contributed by atoms with Crippen molar-refractivity contribution in [1.82, 2.24) is 0 Å². The van der Waals surface area contributed by atoms with Crippen LogP contribution in [0.25, 0.3) is 0 Å². The first-order valence-electron chi connectivity index (χ1n) is 12.2. The van der Waals surface area contributed by atoms with Crippen LogP contribution in [-0.4, -0.2) is 31.5 Å². The van der Waals surface area contributed by atoms with Gasteiger partial charge in [-0.25, -0.2) is 13.2 Å². The molecule has 212 valence electrons. The minimum atomic E-state index is -5.08. The maximum atomic E-state index is 12.8. The second kappa shape index (κ2) is 12.2. The fourth-order valence-corrected chi connectivity index (χ4v) is 5.16. The molecule has 1 aliphatic heterocycles. The average molecular weight is 585 g/mol. The number of hydrogen-bond donors (Lipinski definition) is 3. The highest BCUT2D eigenvalue weighted by Gasteiger charge is 2.38. The number of hydrogen-bond acceptors (Lipinski definition) is 5. The number of carbonyl (C=O) groups is 1. The second-order valence-corrected chi connectivity index (χ2v) is 10.6. The van der Waals surface area contributed by atoms with Crippen LogP contribution in [0, 0.1) is 6.92 Å². The highest BCUT2D eigenvalue weighted by molar-refractivity contribution is 7.92. The van der Waals surface area contributed by atoms with Crippen molar-refractivity contribution in [3.05, 3.63) is 108 Å². The number of carboxylic acid groups (broad SMARTS) is 1. The van der Waals surface area contributed by atoms with Crippen LogP contribution in [0.15, 0.2) is 107 Å². The summed E-state index contributed by atoms with van der Waals surface area (Å²) < 4.78 is 65.9. The van der Waals surface area contributed by atoms with E-state index < -0.39 is 22.2 Å². The van der Waals surface area contributed by atoms with Crippen molar-refractivity contribution in [3.8, 4) is 11.5 Å². The van der Waals surface area contributed by atoms with Gasteiger partial charge in [0.2, 0.25) is 5.84 Å². The van der Waals surface area contributed by atoms with Crippen LogP contribution in [-0.2, 0) is 21.2 Å². The Morgan fingerprint density at radius 3 is 2.17 bits per heavy atom. The van der Waals surface area contributed by atoms with Crippen LogP contribution in [0.4, 0.5) is 30.2 Å². The summed E-state index contributed by atoms with van der Waals surface area (Å²) in [6, 6.07) is 30.0. The maximum absolute atomic E-state index is 12.8. The first kappa shape index (κ1) is 29.3. The van der Waals surface area contributed by atoms with Gasteiger partial charge in [0, 0.05) is 6.07 Å². The molecule has 4 N–H and O–H groups in total. The summed E-state index contributed by atoms with van der Waals surface area (Å²) in [5.74, 6) is -0.257. The predicted molar refractivity (Wildman–Crippen MR) is 147 cm³/mol. The van der Waals surface area contributed by atoms with Gasteiger partial charge in [-0.1, -0.05) is 48.5 Å². The molecule has 4 aromatic rings. The molecule has 1 heterocycles. The quantitative estimate of drug-likeness (QED) is 0.241. The highest BCUT2D eigenvalue weighted by atomic mass is 32.2. The zero-order chi connectivity index (χ0) is 29.6. The fraction of sp³-hybridized carbons (Fsp3) is 0.103. The van der Waals surface area contributed by atoms with Crippen LogP contribution in [0.1, 0.15) is 11.1 Å². The van der Waals surface area contributed by atoms with Crippen molar-refractivity contribution >= 4 is 38.9 Å². The van der Waals surface area contributed by atoms with Gasteiger partial charge in [0.25, 0.3) is 10.0 Å². The molecule has 0 radical (unpaired) electrons. The van der Waals surface area contributed by atoms with Gasteiger partial charge in [-0.05, 0) is 60.5 Å². The number of para-hydroxylation sites is 1. The van der Waals surface area contributed by atoms with Crippen LogP contribution in [0.3, 0.4) is 0 Å². The number of anilines is 1. The number of aliphatic carboxylic acids is 1. The average Bonchev–Trinajstić information content (AvgIpc) is 3.31. The molecule has 8 nitrogen and oxygen atoms in total. The summed E-state index contributed by atoms with van der Waals surface area (Å²) in [5.41, 5.74) is 4.03. The highest BCUT2D eigenvalue weighted by Crippen LogP contribution is 2.30. The number of nitrogens with zero attached hydrogens (tertiary/aromatic N) is 1. The number of carboxylic acids is 1. The van der Waals surface area contributed by atoms with E-state index in [1.165, 1.54) is 0 Å². The number of alkyl halides is 3. The molecule has 0 unspecified atom stereocenters. The SMILES string of the molecule is Cc1ccccc1S(=O)(=O)Nc1ccc2c(c1)N=C(Cc1ccc(Oc3ccccc3)cc1)[NH2+]2.O=C(O)C(F)(F)F. The van der Waals surface area contributed by atoms with Crippen LogP contribution in [0.2, 0.25) is 0 Å². The van der Waals surface area contributed by atoms with E-state index in [-0.39, 0.29) is 4.90 Å². The van der Waals surface area contributed by atoms with E-state index in [0.717, 1.165) is 34.3 Å². The number of nitrogens with two attached hydrogens (primary N) is 1. The van der Waals surface area contributed by atoms with Crippen LogP contribution < -0.4 is 14.8 Å². The molecule has 0 aliphatic carbocycles. The van der Waals surface area contributed by atoms with Gasteiger partial charge >= 0.3 is 12.1 Å². The number of nitrogens with one attached hydrogen (secondary N) is 1. The zero-order valence-electron chi connectivity index (χ0n) is 21.6. The van der Waals surface area contributed by atoms with Gasteiger partial charge < -0.3 is 9.84 Å². The second-order valence-electron chi connectivity index (χ2n) is 8.93. The number of aliphatic imine (C=N–C) groups is 1. The molecule has 1 aliphatic rings. The van der Waals surface area contributed by atoms with E-state index >= 15 is 0 Å². The summed E-state index contributed by atoms with van der Waals surface area (Å²) in [7, 11) is -3.67. The number of fused-ring (bicyclic) bond motifs is 1. The maximum Gasteiger partial charge on any atom is 0.490 e. The number of amidine groups is 1.